The van der Waals surface area contributed by atoms with Crippen molar-refractivity contribution in [2.45, 2.75) is 26.2 Å². The third-order valence-corrected chi connectivity index (χ3v) is 2.18. The van der Waals surface area contributed by atoms with E-state index in [1.165, 1.54) is 6.20 Å². The highest BCUT2D eigenvalue weighted by atomic mass is 79.9. The van der Waals surface area contributed by atoms with Crippen LogP contribution in [0, 0.1) is 10.1 Å². The first-order valence-corrected chi connectivity index (χ1v) is 4.79. The molecule has 1 aromatic heterocycles. The van der Waals surface area contributed by atoms with Gasteiger partial charge in [-0.3, -0.25) is 10.1 Å². The molecule has 1 aromatic rings. The third kappa shape index (κ3) is 2.25. The molecule has 0 aliphatic rings. The van der Waals surface area contributed by atoms with Crippen LogP contribution in [0.4, 0.5) is 5.69 Å². The van der Waals surface area contributed by atoms with Gasteiger partial charge in [-0.05, 0) is 15.9 Å². The van der Waals surface area contributed by atoms with E-state index < -0.39 is 4.92 Å². The molecule has 0 fully saturated rings. The molecule has 0 aromatic carbocycles. The van der Waals surface area contributed by atoms with E-state index in [9.17, 15) is 10.1 Å². The summed E-state index contributed by atoms with van der Waals surface area (Å²) in [7, 11) is 0. The zero-order valence-electron chi connectivity index (χ0n) is 8.11. The van der Waals surface area contributed by atoms with Crippen molar-refractivity contribution in [2.24, 2.45) is 0 Å². The molecule has 0 radical (unpaired) electrons. The van der Waals surface area contributed by atoms with Crippen molar-refractivity contribution in [2.75, 3.05) is 0 Å². The minimum absolute atomic E-state index is 0.113. The highest BCUT2D eigenvalue weighted by Crippen LogP contribution is 2.25. The number of halogens is 1. The fourth-order valence-electron chi connectivity index (χ4n) is 0.838. The number of nitrogens with zero attached hydrogens (tertiary/aromatic N) is 3. The number of hydrogen-bond acceptors (Lipinski definition) is 4. The lowest BCUT2D eigenvalue weighted by Gasteiger charge is -2.15. The zero-order valence-corrected chi connectivity index (χ0v) is 9.70. The lowest BCUT2D eigenvalue weighted by Crippen LogP contribution is -2.16. The Morgan fingerprint density at radius 1 is 1.50 bits per heavy atom. The van der Waals surface area contributed by atoms with Crippen molar-refractivity contribution in [1.29, 1.82) is 0 Å². The summed E-state index contributed by atoms with van der Waals surface area (Å²) in [5.41, 5.74) is -0.324. The molecule has 0 aliphatic heterocycles. The van der Waals surface area contributed by atoms with Crippen LogP contribution in [-0.2, 0) is 5.41 Å². The standard InChI is InChI=1S/C8H10BrN3O2/c1-8(2,3)7-10-4-5(12(13)14)6(9)11-7/h4H,1-3H3. The fraction of sp³-hybridized carbons (Fsp3) is 0.500. The van der Waals surface area contributed by atoms with Gasteiger partial charge in [0.1, 0.15) is 12.0 Å². The second-order valence-electron chi connectivity index (χ2n) is 3.88. The van der Waals surface area contributed by atoms with Gasteiger partial charge in [-0.2, -0.15) is 0 Å². The average molecular weight is 260 g/mol. The molecular weight excluding hydrogens is 250 g/mol. The van der Waals surface area contributed by atoms with Gasteiger partial charge in [-0.25, -0.2) is 9.97 Å². The SMILES string of the molecule is CC(C)(C)c1ncc([N+](=O)[O-])c(Br)n1. The normalized spacial score (nSPS) is 11.4. The maximum absolute atomic E-state index is 10.5. The summed E-state index contributed by atoms with van der Waals surface area (Å²) in [6, 6.07) is 0. The lowest BCUT2D eigenvalue weighted by atomic mass is 9.96. The Hall–Kier alpha value is -1.04. The molecule has 0 saturated heterocycles. The van der Waals surface area contributed by atoms with Crippen LogP contribution >= 0.6 is 15.9 Å². The Morgan fingerprint density at radius 2 is 2.07 bits per heavy atom. The number of rotatable bonds is 1. The van der Waals surface area contributed by atoms with Gasteiger partial charge < -0.3 is 0 Å². The van der Waals surface area contributed by atoms with Crippen LogP contribution < -0.4 is 0 Å². The van der Waals surface area contributed by atoms with Crippen molar-refractivity contribution in [3.05, 3.63) is 26.7 Å². The van der Waals surface area contributed by atoms with Gasteiger partial charge >= 0.3 is 5.69 Å². The Kier molecular flexibility index (Phi) is 2.84. The van der Waals surface area contributed by atoms with Crippen LogP contribution in [-0.4, -0.2) is 14.9 Å². The van der Waals surface area contributed by atoms with E-state index in [1.54, 1.807) is 0 Å². The van der Waals surface area contributed by atoms with Crippen LogP contribution in [0.2, 0.25) is 0 Å². The van der Waals surface area contributed by atoms with Crippen molar-refractivity contribution in [3.8, 4) is 0 Å². The van der Waals surface area contributed by atoms with E-state index in [0.29, 0.717) is 5.82 Å². The summed E-state index contributed by atoms with van der Waals surface area (Å²) < 4.78 is 0.224. The second-order valence-corrected chi connectivity index (χ2v) is 4.63. The van der Waals surface area contributed by atoms with E-state index in [0.717, 1.165) is 0 Å². The van der Waals surface area contributed by atoms with Gasteiger partial charge in [-0.1, -0.05) is 20.8 Å². The Balaban J connectivity index is 3.20. The molecule has 14 heavy (non-hydrogen) atoms. The molecule has 1 rings (SSSR count). The molecule has 0 bridgehead atoms. The quantitative estimate of drug-likeness (QED) is 0.441. The second kappa shape index (κ2) is 3.61. The van der Waals surface area contributed by atoms with Gasteiger partial charge in [0, 0.05) is 5.41 Å². The molecule has 6 heteroatoms. The smallest absolute Gasteiger partial charge is 0.258 e. The molecular formula is C8H10BrN3O2. The summed E-state index contributed by atoms with van der Waals surface area (Å²) in [6.07, 6.45) is 1.22. The van der Waals surface area contributed by atoms with Gasteiger partial charge in [0.05, 0.1) is 4.92 Å². The zero-order chi connectivity index (χ0) is 10.9. The monoisotopic (exact) mass is 259 g/mol. The molecule has 0 amide bonds. The van der Waals surface area contributed by atoms with E-state index in [4.69, 9.17) is 0 Å². The van der Waals surface area contributed by atoms with Gasteiger partial charge in [0.25, 0.3) is 0 Å². The Morgan fingerprint density at radius 3 is 2.43 bits per heavy atom. The lowest BCUT2D eigenvalue weighted by molar-refractivity contribution is -0.386. The molecule has 0 aliphatic carbocycles. The summed E-state index contributed by atoms with van der Waals surface area (Å²) in [5.74, 6) is 0.579. The van der Waals surface area contributed by atoms with Crippen molar-refractivity contribution < 1.29 is 4.92 Å². The highest BCUT2D eigenvalue weighted by Gasteiger charge is 2.21. The molecule has 0 unspecified atom stereocenters. The molecule has 0 saturated carbocycles. The molecule has 1 heterocycles. The first kappa shape index (κ1) is 11.0. The Bertz CT molecular complexity index is 373. The predicted molar refractivity (Wildman–Crippen MR) is 55.1 cm³/mol. The largest absolute Gasteiger partial charge is 0.320 e. The van der Waals surface area contributed by atoms with Gasteiger partial charge in [0.2, 0.25) is 0 Å². The number of aromatic nitrogens is 2. The maximum Gasteiger partial charge on any atom is 0.320 e. The fourth-order valence-corrected chi connectivity index (χ4v) is 1.25. The molecule has 0 spiro atoms. The van der Waals surface area contributed by atoms with Crippen LogP contribution in [0.5, 0.6) is 0 Å². The summed E-state index contributed by atoms with van der Waals surface area (Å²) in [6.45, 7) is 5.84. The van der Waals surface area contributed by atoms with Gasteiger partial charge in [-0.15, -0.1) is 0 Å². The minimum Gasteiger partial charge on any atom is -0.258 e. The predicted octanol–water partition coefficient (Wildman–Crippen LogP) is 2.44. The van der Waals surface area contributed by atoms with E-state index in [-0.39, 0.29) is 15.7 Å². The number of hydrogen-bond donors (Lipinski definition) is 0. The van der Waals surface area contributed by atoms with Crippen LogP contribution in [0.3, 0.4) is 0 Å². The summed E-state index contributed by atoms with van der Waals surface area (Å²) >= 11 is 3.05. The molecule has 5 nitrogen and oxygen atoms in total. The van der Waals surface area contributed by atoms with E-state index >= 15 is 0 Å². The highest BCUT2D eigenvalue weighted by molar-refractivity contribution is 9.10. The molecule has 76 valence electrons. The van der Waals surface area contributed by atoms with Crippen molar-refractivity contribution in [1.82, 2.24) is 9.97 Å². The van der Waals surface area contributed by atoms with E-state index in [2.05, 4.69) is 25.9 Å². The first-order valence-electron chi connectivity index (χ1n) is 4.00. The molecule has 0 N–H and O–H groups in total. The third-order valence-electron chi connectivity index (χ3n) is 1.59. The number of nitro groups is 1. The summed E-state index contributed by atoms with van der Waals surface area (Å²) in [5, 5.41) is 10.5. The maximum atomic E-state index is 10.5. The van der Waals surface area contributed by atoms with E-state index in [1.807, 2.05) is 20.8 Å². The Labute approximate surface area is 89.9 Å². The minimum atomic E-state index is -0.517. The summed E-state index contributed by atoms with van der Waals surface area (Å²) in [4.78, 5) is 17.9. The van der Waals surface area contributed by atoms with Gasteiger partial charge in [0.15, 0.2) is 4.60 Å². The average Bonchev–Trinajstić information content (AvgIpc) is 2.01. The topological polar surface area (TPSA) is 68.9 Å². The first-order chi connectivity index (χ1) is 6.32. The molecule has 0 atom stereocenters. The van der Waals surface area contributed by atoms with Crippen molar-refractivity contribution in [3.63, 3.8) is 0 Å². The van der Waals surface area contributed by atoms with Crippen LogP contribution in [0.15, 0.2) is 10.8 Å². The van der Waals surface area contributed by atoms with Crippen LogP contribution in [0.1, 0.15) is 26.6 Å². The van der Waals surface area contributed by atoms with Crippen molar-refractivity contribution >= 4 is 21.6 Å². The van der Waals surface area contributed by atoms with Crippen LogP contribution in [0.25, 0.3) is 0 Å².